The molecule has 0 aliphatic heterocycles. The molecule has 0 saturated heterocycles. The van der Waals surface area contributed by atoms with E-state index in [1.165, 1.54) is 77.3 Å². The van der Waals surface area contributed by atoms with Crippen molar-refractivity contribution in [3.05, 3.63) is 0 Å². The van der Waals surface area contributed by atoms with Gasteiger partial charge in [0.25, 0.3) is 0 Å². The van der Waals surface area contributed by atoms with Crippen molar-refractivity contribution in [1.29, 1.82) is 0 Å². The highest BCUT2D eigenvalue weighted by molar-refractivity contribution is 4.79. The van der Waals surface area contributed by atoms with Gasteiger partial charge >= 0.3 is 0 Å². The van der Waals surface area contributed by atoms with E-state index in [0.717, 1.165) is 11.8 Å². The van der Waals surface area contributed by atoms with Crippen LogP contribution in [0.3, 0.4) is 0 Å². The van der Waals surface area contributed by atoms with Crippen molar-refractivity contribution >= 4 is 0 Å². The molecular weight excluding hydrogens is 206 g/mol. The van der Waals surface area contributed by atoms with Crippen LogP contribution in [0.15, 0.2) is 0 Å². The summed E-state index contributed by atoms with van der Waals surface area (Å²) in [5, 5.41) is 3.62. The van der Waals surface area contributed by atoms with Crippen molar-refractivity contribution in [2.45, 2.75) is 78.1 Å². The standard InChI is InChI=1S/C16H33N/c1-3-4-5-6-7-8-9-10-13-17-14-15(2)16-11-12-16/h15-17H,3-14H2,1-2H3. The van der Waals surface area contributed by atoms with Gasteiger partial charge in [0.1, 0.15) is 0 Å². The number of rotatable bonds is 12. The van der Waals surface area contributed by atoms with E-state index in [4.69, 9.17) is 0 Å². The fourth-order valence-corrected chi connectivity index (χ4v) is 2.55. The zero-order valence-electron chi connectivity index (χ0n) is 12.1. The molecule has 0 aromatic heterocycles. The third-order valence-electron chi connectivity index (χ3n) is 4.10. The molecule has 1 fully saturated rings. The van der Waals surface area contributed by atoms with Gasteiger partial charge in [-0.2, -0.15) is 0 Å². The van der Waals surface area contributed by atoms with Crippen molar-refractivity contribution in [1.82, 2.24) is 5.32 Å². The molecule has 0 spiro atoms. The molecule has 1 aliphatic rings. The minimum Gasteiger partial charge on any atom is -0.316 e. The van der Waals surface area contributed by atoms with Gasteiger partial charge in [0.15, 0.2) is 0 Å². The first-order chi connectivity index (χ1) is 8.34. The Bertz CT molecular complexity index is 163. The summed E-state index contributed by atoms with van der Waals surface area (Å²) in [4.78, 5) is 0. The van der Waals surface area contributed by atoms with E-state index < -0.39 is 0 Å². The predicted molar refractivity (Wildman–Crippen MR) is 77.4 cm³/mol. The van der Waals surface area contributed by atoms with E-state index in [9.17, 15) is 0 Å². The van der Waals surface area contributed by atoms with Crippen molar-refractivity contribution in [2.24, 2.45) is 11.8 Å². The Balaban J connectivity index is 1.69. The van der Waals surface area contributed by atoms with Crippen LogP contribution in [0.4, 0.5) is 0 Å². The molecule has 1 N–H and O–H groups in total. The van der Waals surface area contributed by atoms with Gasteiger partial charge < -0.3 is 5.32 Å². The Morgan fingerprint density at radius 3 is 2.12 bits per heavy atom. The molecular formula is C16H33N. The SMILES string of the molecule is CCCCCCCCCCNCC(C)C1CC1. The van der Waals surface area contributed by atoms with E-state index in [1.54, 1.807) is 0 Å². The Morgan fingerprint density at radius 2 is 1.53 bits per heavy atom. The Labute approximate surface area is 109 Å². The molecule has 1 aliphatic carbocycles. The lowest BCUT2D eigenvalue weighted by Gasteiger charge is -2.11. The smallest absolute Gasteiger partial charge is 0.00205 e. The van der Waals surface area contributed by atoms with Crippen molar-refractivity contribution in [3.8, 4) is 0 Å². The highest BCUT2D eigenvalue weighted by Crippen LogP contribution is 2.35. The van der Waals surface area contributed by atoms with E-state index in [0.29, 0.717) is 0 Å². The lowest BCUT2D eigenvalue weighted by atomic mass is 10.1. The van der Waals surface area contributed by atoms with Crippen LogP contribution in [0.2, 0.25) is 0 Å². The van der Waals surface area contributed by atoms with Crippen LogP contribution in [0, 0.1) is 11.8 Å². The van der Waals surface area contributed by atoms with Gasteiger partial charge in [-0.3, -0.25) is 0 Å². The first kappa shape index (κ1) is 15.0. The van der Waals surface area contributed by atoms with E-state index in [1.807, 2.05) is 0 Å². The van der Waals surface area contributed by atoms with Crippen LogP contribution < -0.4 is 5.32 Å². The highest BCUT2D eigenvalue weighted by atomic mass is 14.9. The summed E-state index contributed by atoms with van der Waals surface area (Å²) >= 11 is 0. The average molecular weight is 239 g/mol. The molecule has 0 radical (unpaired) electrons. The fraction of sp³-hybridized carbons (Fsp3) is 1.00. The van der Waals surface area contributed by atoms with Crippen molar-refractivity contribution in [2.75, 3.05) is 13.1 Å². The molecule has 17 heavy (non-hydrogen) atoms. The van der Waals surface area contributed by atoms with Crippen LogP contribution in [-0.4, -0.2) is 13.1 Å². The lowest BCUT2D eigenvalue weighted by molar-refractivity contribution is 0.453. The maximum atomic E-state index is 3.62. The second-order valence-corrected chi connectivity index (χ2v) is 5.99. The average Bonchev–Trinajstić information content (AvgIpc) is 3.15. The number of unbranched alkanes of at least 4 members (excludes halogenated alkanes) is 7. The minimum absolute atomic E-state index is 0.920. The van der Waals surface area contributed by atoms with Crippen LogP contribution in [0.5, 0.6) is 0 Å². The second-order valence-electron chi connectivity index (χ2n) is 5.99. The van der Waals surface area contributed by atoms with Crippen LogP contribution >= 0.6 is 0 Å². The van der Waals surface area contributed by atoms with Gasteiger partial charge in [0.05, 0.1) is 0 Å². The van der Waals surface area contributed by atoms with Gasteiger partial charge in [-0.15, -0.1) is 0 Å². The molecule has 1 saturated carbocycles. The minimum atomic E-state index is 0.920. The number of nitrogens with one attached hydrogen (secondary N) is 1. The van der Waals surface area contributed by atoms with Gasteiger partial charge in [0, 0.05) is 0 Å². The molecule has 0 amide bonds. The third kappa shape index (κ3) is 8.65. The fourth-order valence-electron chi connectivity index (χ4n) is 2.55. The molecule has 0 aromatic carbocycles. The second kappa shape index (κ2) is 9.94. The third-order valence-corrected chi connectivity index (χ3v) is 4.10. The molecule has 1 unspecified atom stereocenters. The first-order valence-corrected chi connectivity index (χ1v) is 8.05. The summed E-state index contributed by atoms with van der Waals surface area (Å²) in [6, 6.07) is 0. The summed E-state index contributed by atoms with van der Waals surface area (Å²) in [5.41, 5.74) is 0. The topological polar surface area (TPSA) is 12.0 Å². The molecule has 0 heterocycles. The van der Waals surface area contributed by atoms with Crippen molar-refractivity contribution in [3.63, 3.8) is 0 Å². The largest absolute Gasteiger partial charge is 0.316 e. The number of hydrogen-bond acceptors (Lipinski definition) is 1. The maximum Gasteiger partial charge on any atom is -0.00205 e. The molecule has 0 bridgehead atoms. The van der Waals surface area contributed by atoms with E-state index in [2.05, 4.69) is 19.2 Å². The molecule has 1 heteroatoms. The molecule has 1 nitrogen and oxygen atoms in total. The summed E-state index contributed by atoms with van der Waals surface area (Å²) in [6.07, 6.45) is 14.4. The molecule has 0 aromatic rings. The zero-order valence-corrected chi connectivity index (χ0v) is 12.1. The molecule has 1 atom stereocenters. The van der Waals surface area contributed by atoms with Crippen LogP contribution in [0.1, 0.15) is 78.1 Å². The number of hydrogen-bond donors (Lipinski definition) is 1. The quantitative estimate of drug-likeness (QED) is 0.484. The summed E-state index contributed by atoms with van der Waals surface area (Å²) in [7, 11) is 0. The lowest BCUT2D eigenvalue weighted by Crippen LogP contribution is -2.23. The monoisotopic (exact) mass is 239 g/mol. The van der Waals surface area contributed by atoms with Gasteiger partial charge in [-0.1, -0.05) is 58.8 Å². The van der Waals surface area contributed by atoms with Crippen LogP contribution in [-0.2, 0) is 0 Å². The Hall–Kier alpha value is -0.0400. The Kier molecular flexibility index (Phi) is 8.78. The van der Waals surface area contributed by atoms with Crippen molar-refractivity contribution < 1.29 is 0 Å². The van der Waals surface area contributed by atoms with E-state index in [-0.39, 0.29) is 0 Å². The normalized spacial score (nSPS) is 17.3. The predicted octanol–water partition coefficient (Wildman–Crippen LogP) is 4.76. The molecule has 1 rings (SSSR count). The van der Waals surface area contributed by atoms with Gasteiger partial charge in [-0.05, 0) is 44.2 Å². The van der Waals surface area contributed by atoms with Gasteiger partial charge in [0.2, 0.25) is 0 Å². The van der Waals surface area contributed by atoms with Gasteiger partial charge in [-0.25, -0.2) is 0 Å². The van der Waals surface area contributed by atoms with E-state index >= 15 is 0 Å². The Morgan fingerprint density at radius 1 is 0.941 bits per heavy atom. The summed E-state index contributed by atoms with van der Waals surface area (Å²) in [5.74, 6) is 1.98. The summed E-state index contributed by atoms with van der Waals surface area (Å²) in [6.45, 7) is 7.18. The maximum absolute atomic E-state index is 3.62. The van der Waals surface area contributed by atoms with Crippen LogP contribution in [0.25, 0.3) is 0 Å². The zero-order chi connectivity index (χ0) is 12.3. The highest BCUT2D eigenvalue weighted by Gasteiger charge is 2.27. The first-order valence-electron chi connectivity index (χ1n) is 8.05. The molecule has 102 valence electrons. The summed E-state index contributed by atoms with van der Waals surface area (Å²) < 4.78 is 0.